The Kier molecular flexibility index (Phi) is 70.2. The van der Waals surface area contributed by atoms with Crippen LogP contribution in [-0.2, 0) is 65.4 Å². The summed E-state index contributed by atoms with van der Waals surface area (Å²) in [5.41, 5.74) is 0. The first kappa shape index (κ1) is 95.0. The maximum atomic E-state index is 13.1. The van der Waals surface area contributed by atoms with Gasteiger partial charge in [-0.1, -0.05) is 307 Å². The molecule has 0 aromatic rings. The van der Waals surface area contributed by atoms with E-state index in [-0.39, 0.29) is 25.7 Å². The van der Waals surface area contributed by atoms with Gasteiger partial charge in [0.1, 0.15) is 19.3 Å². The van der Waals surface area contributed by atoms with Crippen molar-refractivity contribution in [1.29, 1.82) is 0 Å². The van der Waals surface area contributed by atoms with E-state index < -0.39 is 97.5 Å². The first-order valence-corrected chi connectivity index (χ1v) is 42.9. The lowest BCUT2D eigenvalue weighted by Gasteiger charge is -2.21. The molecule has 0 fully saturated rings. The van der Waals surface area contributed by atoms with E-state index in [4.69, 9.17) is 37.0 Å². The van der Waals surface area contributed by atoms with Gasteiger partial charge in [-0.3, -0.25) is 37.3 Å². The van der Waals surface area contributed by atoms with Crippen LogP contribution >= 0.6 is 15.6 Å². The lowest BCUT2D eigenvalue weighted by atomic mass is 10.0. The lowest BCUT2D eigenvalue weighted by molar-refractivity contribution is -0.161. The molecule has 0 rings (SSSR count). The topological polar surface area (TPSA) is 237 Å². The highest BCUT2D eigenvalue weighted by molar-refractivity contribution is 7.47. The summed E-state index contributed by atoms with van der Waals surface area (Å²) in [5, 5.41) is 10.6. The molecule has 0 saturated heterocycles. The van der Waals surface area contributed by atoms with Crippen molar-refractivity contribution in [3.63, 3.8) is 0 Å². The molecular weight excluding hydrogens is 1280 g/mol. The van der Waals surface area contributed by atoms with E-state index in [0.717, 1.165) is 148 Å². The minimum atomic E-state index is -4.97. The molecule has 5 unspecified atom stereocenters. The van der Waals surface area contributed by atoms with Gasteiger partial charge in [0.2, 0.25) is 0 Å². The summed E-state index contributed by atoms with van der Waals surface area (Å²) in [6.45, 7) is 4.89. The number of hydrogen-bond acceptors (Lipinski definition) is 15. The fraction of sp³-hybridized carbons (Fsp3) is 0.848. The molecule has 98 heavy (non-hydrogen) atoms. The Labute approximate surface area is 597 Å². The highest BCUT2D eigenvalue weighted by Gasteiger charge is 2.30. The van der Waals surface area contributed by atoms with Crippen molar-refractivity contribution in [1.82, 2.24) is 0 Å². The van der Waals surface area contributed by atoms with Crippen LogP contribution in [0.25, 0.3) is 0 Å². The van der Waals surface area contributed by atoms with Crippen LogP contribution in [0.3, 0.4) is 0 Å². The van der Waals surface area contributed by atoms with Gasteiger partial charge < -0.3 is 33.8 Å². The van der Waals surface area contributed by atoms with Crippen LogP contribution in [-0.4, -0.2) is 96.7 Å². The van der Waals surface area contributed by atoms with Crippen LogP contribution in [0.1, 0.15) is 374 Å². The molecule has 0 spiro atoms. The van der Waals surface area contributed by atoms with Crippen molar-refractivity contribution in [2.45, 2.75) is 393 Å². The SMILES string of the molecule is CCCCC/C=C\C/C=C\C/C=C\CCCCCCCCC(=O)OCC(COP(=O)(O)OCC(O)COP(=O)(O)OCC(COC(=O)CCCCCCC/C=C\CCCCCCCC)OC(=O)CCCCCCCCCCCCCCC)OC(=O)CCCCCCCCCCCCC. The second-order valence-corrected chi connectivity index (χ2v) is 29.9. The van der Waals surface area contributed by atoms with Gasteiger partial charge in [-0.05, 0) is 89.9 Å². The van der Waals surface area contributed by atoms with Crippen LogP contribution in [0.5, 0.6) is 0 Å². The fourth-order valence-electron chi connectivity index (χ4n) is 11.2. The average molecular weight is 1430 g/mol. The Bertz CT molecular complexity index is 2050. The standard InChI is InChI=1S/C79H146O17P2/c1-5-9-13-17-21-25-29-32-34-35-36-37-39-42-45-48-52-56-60-64-77(82)89-69-74(95-78(83)65-61-57-53-49-43-28-24-20-16-12-8-4)71-93-97(85,86)91-67-73(80)68-92-98(87,88)94-72-75(96-79(84)66-62-58-54-50-46-40-31-27-23-19-15-11-7-3)70-90-76(81)63-59-55-51-47-44-41-38-33-30-26-22-18-14-10-6-2/h21,25,32-34,36-38,73-75,80H,5-20,22-24,26-31,35,39-72H2,1-4H3,(H,85,86)(H,87,88)/b25-21-,34-32-,37-36-,38-33-. The number of esters is 4. The number of phosphoric ester groups is 2. The van der Waals surface area contributed by atoms with Crippen molar-refractivity contribution in [2.24, 2.45) is 0 Å². The summed E-state index contributed by atoms with van der Waals surface area (Å²) >= 11 is 0. The largest absolute Gasteiger partial charge is 0.472 e. The summed E-state index contributed by atoms with van der Waals surface area (Å²) in [5.74, 6) is -2.16. The highest BCUT2D eigenvalue weighted by Crippen LogP contribution is 2.45. The third kappa shape index (κ3) is 71.4. The molecule has 0 bridgehead atoms. The van der Waals surface area contributed by atoms with Gasteiger partial charge in [0.05, 0.1) is 26.4 Å². The van der Waals surface area contributed by atoms with Gasteiger partial charge in [0.25, 0.3) is 0 Å². The summed E-state index contributed by atoms with van der Waals surface area (Å²) in [4.78, 5) is 72.9. The molecule has 0 radical (unpaired) electrons. The average Bonchev–Trinajstić information content (AvgIpc) is 1.00. The minimum Gasteiger partial charge on any atom is -0.462 e. The molecule has 0 amide bonds. The number of rotatable bonds is 76. The Morgan fingerprint density at radius 1 is 0.286 bits per heavy atom. The van der Waals surface area contributed by atoms with Gasteiger partial charge in [0, 0.05) is 25.7 Å². The van der Waals surface area contributed by atoms with Gasteiger partial charge >= 0.3 is 39.5 Å². The van der Waals surface area contributed by atoms with E-state index in [9.17, 15) is 43.2 Å². The van der Waals surface area contributed by atoms with Gasteiger partial charge in [-0.25, -0.2) is 9.13 Å². The number of unbranched alkanes of at least 4 members (excludes halogenated alkanes) is 42. The second-order valence-electron chi connectivity index (χ2n) is 27.0. The number of phosphoric acid groups is 2. The van der Waals surface area contributed by atoms with Gasteiger partial charge in [-0.15, -0.1) is 0 Å². The first-order valence-electron chi connectivity index (χ1n) is 39.9. The molecule has 0 aromatic carbocycles. The van der Waals surface area contributed by atoms with E-state index in [0.29, 0.717) is 25.7 Å². The fourth-order valence-corrected chi connectivity index (χ4v) is 12.7. The van der Waals surface area contributed by atoms with Gasteiger partial charge in [-0.2, -0.15) is 0 Å². The van der Waals surface area contributed by atoms with E-state index in [1.807, 2.05) is 0 Å². The van der Waals surface area contributed by atoms with E-state index in [2.05, 4.69) is 76.3 Å². The number of hydrogen-bond donors (Lipinski definition) is 3. The molecule has 5 atom stereocenters. The Balaban J connectivity index is 5.27. The maximum Gasteiger partial charge on any atom is 0.472 e. The van der Waals surface area contributed by atoms with E-state index in [1.165, 1.54) is 148 Å². The zero-order valence-corrected chi connectivity index (χ0v) is 64.5. The van der Waals surface area contributed by atoms with Crippen LogP contribution in [0, 0.1) is 0 Å². The molecule has 574 valence electrons. The molecule has 0 heterocycles. The summed E-state index contributed by atoms with van der Waals surface area (Å²) in [7, 11) is -9.93. The molecule has 0 saturated carbocycles. The summed E-state index contributed by atoms with van der Waals surface area (Å²) in [6.07, 6.45) is 69.5. The van der Waals surface area contributed by atoms with Crippen LogP contribution in [0.2, 0.25) is 0 Å². The monoisotopic (exact) mass is 1430 g/mol. The molecule has 0 aromatic heterocycles. The zero-order valence-electron chi connectivity index (χ0n) is 62.7. The lowest BCUT2D eigenvalue weighted by Crippen LogP contribution is -2.30. The summed E-state index contributed by atoms with van der Waals surface area (Å²) < 4.78 is 68.5. The summed E-state index contributed by atoms with van der Waals surface area (Å²) in [6, 6.07) is 0. The number of aliphatic hydroxyl groups is 1. The smallest absolute Gasteiger partial charge is 0.462 e. The number of carbonyl (C=O) groups is 4. The normalized spacial score (nSPS) is 14.2. The third-order valence-corrected chi connectivity index (χ3v) is 19.2. The molecule has 3 N–H and O–H groups in total. The second kappa shape index (κ2) is 72.4. The van der Waals surface area contributed by atoms with Crippen molar-refractivity contribution >= 4 is 39.5 Å². The van der Waals surface area contributed by atoms with Crippen LogP contribution in [0.15, 0.2) is 48.6 Å². The Morgan fingerprint density at radius 3 is 0.796 bits per heavy atom. The molecule has 0 aliphatic carbocycles. The maximum absolute atomic E-state index is 13.1. The Morgan fingerprint density at radius 2 is 0.500 bits per heavy atom. The van der Waals surface area contributed by atoms with E-state index in [1.54, 1.807) is 0 Å². The Hall–Kier alpha value is -2.98. The first-order chi connectivity index (χ1) is 47.7. The molecule has 0 aliphatic rings. The molecule has 17 nitrogen and oxygen atoms in total. The van der Waals surface area contributed by atoms with Crippen molar-refractivity contribution < 1.29 is 80.2 Å². The van der Waals surface area contributed by atoms with Crippen molar-refractivity contribution in [3.05, 3.63) is 48.6 Å². The van der Waals surface area contributed by atoms with E-state index >= 15 is 0 Å². The predicted molar refractivity (Wildman–Crippen MR) is 400 cm³/mol. The molecule has 19 heteroatoms. The minimum absolute atomic E-state index is 0.0986. The molecular formula is C79H146O17P2. The number of allylic oxidation sites excluding steroid dienone is 8. The zero-order chi connectivity index (χ0) is 71.8. The number of ether oxygens (including phenoxy) is 4. The highest BCUT2D eigenvalue weighted by atomic mass is 31.2. The third-order valence-electron chi connectivity index (χ3n) is 17.3. The number of aliphatic hydroxyl groups excluding tert-OH is 1. The van der Waals surface area contributed by atoms with Crippen LogP contribution < -0.4 is 0 Å². The van der Waals surface area contributed by atoms with Crippen molar-refractivity contribution in [2.75, 3.05) is 39.6 Å². The quantitative estimate of drug-likeness (QED) is 0.0169. The van der Waals surface area contributed by atoms with Gasteiger partial charge in [0.15, 0.2) is 12.2 Å². The predicted octanol–water partition coefficient (Wildman–Crippen LogP) is 22.9. The molecule has 0 aliphatic heterocycles. The van der Waals surface area contributed by atoms with Crippen molar-refractivity contribution in [3.8, 4) is 0 Å². The number of carbonyl (C=O) groups excluding carboxylic acids is 4. The van der Waals surface area contributed by atoms with Crippen LogP contribution in [0.4, 0.5) is 0 Å².